The van der Waals surface area contributed by atoms with Gasteiger partial charge < -0.3 is 20.7 Å². The van der Waals surface area contributed by atoms with E-state index in [4.69, 9.17) is 0 Å². The molecule has 2 heterocycles. The number of benzene rings is 1. The molecule has 8 heteroatoms. The number of hydrogen-bond acceptors (Lipinski definition) is 4. The van der Waals surface area contributed by atoms with E-state index in [1.807, 2.05) is 44.3 Å². The summed E-state index contributed by atoms with van der Waals surface area (Å²) in [7, 11) is 0. The van der Waals surface area contributed by atoms with Crippen LogP contribution in [0.1, 0.15) is 38.7 Å². The van der Waals surface area contributed by atoms with Crippen LogP contribution in [0, 0.1) is 5.92 Å². The van der Waals surface area contributed by atoms with E-state index in [0.717, 1.165) is 22.9 Å². The van der Waals surface area contributed by atoms with E-state index in [-0.39, 0.29) is 49.8 Å². The van der Waals surface area contributed by atoms with Crippen LogP contribution in [0.3, 0.4) is 0 Å². The van der Waals surface area contributed by atoms with E-state index >= 15 is 0 Å². The molecule has 1 aliphatic rings. The third kappa shape index (κ3) is 4.81. The van der Waals surface area contributed by atoms with Gasteiger partial charge in [-0.15, -0.1) is 0 Å². The molecule has 0 bridgehead atoms. The maximum absolute atomic E-state index is 12.6. The van der Waals surface area contributed by atoms with Gasteiger partial charge in [0.1, 0.15) is 6.04 Å². The first-order valence-electron chi connectivity index (χ1n) is 10.5. The summed E-state index contributed by atoms with van der Waals surface area (Å²) in [6.45, 7) is 4.13. The Morgan fingerprint density at radius 3 is 2.80 bits per heavy atom. The third-order valence-corrected chi connectivity index (χ3v) is 5.92. The van der Waals surface area contributed by atoms with Crippen molar-refractivity contribution < 1.29 is 19.5 Å². The summed E-state index contributed by atoms with van der Waals surface area (Å²) >= 11 is 0. The van der Waals surface area contributed by atoms with Crippen molar-refractivity contribution in [3.63, 3.8) is 0 Å². The maximum Gasteiger partial charge on any atom is 0.324 e. The Morgan fingerprint density at radius 1 is 1.30 bits per heavy atom. The van der Waals surface area contributed by atoms with Crippen LogP contribution < -0.4 is 10.6 Å². The van der Waals surface area contributed by atoms with E-state index < -0.39 is 12.1 Å². The number of carbonyl (C=O) groups is 3. The first-order valence-corrected chi connectivity index (χ1v) is 10.5. The van der Waals surface area contributed by atoms with Crippen LogP contribution in [-0.2, 0) is 16.0 Å². The quantitative estimate of drug-likeness (QED) is 0.445. The summed E-state index contributed by atoms with van der Waals surface area (Å²) in [5.41, 5.74) is 2.07. The predicted octanol–water partition coefficient (Wildman–Crippen LogP) is 1.93. The van der Waals surface area contributed by atoms with Crippen molar-refractivity contribution in [2.45, 2.75) is 51.6 Å². The SMILES string of the molecule is CC[C@H](C)[C@@H](CO)NC(=O)CC[C@@H]1NC(=O)N(CCc2c[nH]c3ccccc23)C1=O. The molecule has 0 radical (unpaired) electrons. The van der Waals surface area contributed by atoms with Crippen LogP contribution in [-0.4, -0.2) is 58.1 Å². The molecule has 2 aromatic rings. The number of aromatic nitrogens is 1. The topological polar surface area (TPSA) is 115 Å². The lowest BCUT2D eigenvalue weighted by atomic mass is 9.99. The number of H-pyrrole nitrogens is 1. The maximum atomic E-state index is 12.6. The van der Waals surface area contributed by atoms with Crippen LogP contribution in [0.25, 0.3) is 10.9 Å². The second-order valence-electron chi connectivity index (χ2n) is 7.88. The normalized spacial score (nSPS) is 18.5. The average Bonchev–Trinajstić information content (AvgIpc) is 3.28. The summed E-state index contributed by atoms with van der Waals surface area (Å²) in [6, 6.07) is 6.48. The van der Waals surface area contributed by atoms with Gasteiger partial charge in [0, 0.05) is 30.1 Å². The molecule has 4 N–H and O–H groups in total. The van der Waals surface area contributed by atoms with Gasteiger partial charge in [-0.25, -0.2) is 4.79 Å². The molecule has 3 rings (SSSR count). The molecule has 4 amide bonds. The van der Waals surface area contributed by atoms with Crippen molar-refractivity contribution in [2.75, 3.05) is 13.2 Å². The highest BCUT2D eigenvalue weighted by Gasteiger charge is 2.37. The molecule has 3 atom stereocenters. The number of rotatable bonds is 10. The number of imide groups is 1. The number of para-hydroxylation sites is 1. The number of nitrogens with zero attached hydrogens (tertiary/aromatic N) is 1. The lowest BCUT2D eigenvalue weighted by molar-refractivity contribution is -0.127. The summed E-state index contributed by atoms with van der Waals surface area (Å²) in [5, 5.41) is 16.0. The number of amides is 4. The Labute approximate surface area is 176 Å². The fourth-order valence-electron chi connectivity index (χ4n) is 3.76. The fraction of sp³-hybridized carbons (Fsp3) is 0.500. The summed E-state index contributed by atoms with van der Waals surface area (Å²) in [5.74, 6) is -0.367. The first-order chi connectivity index (χ1) is 14.4. The molecule has 8 nitrogen and oxygen atoms in total. The highest BCUT2D eigenvalue weighted by Crippen LogP contribution is 2.19. The van der Waals surface area contributed by atoms with Crippen LogP contribution >= 0.6 is 0 Å². The Balaban J connectivity index is 1.51. The minimum absolute atomic E-state index is 0.111. The standard InChI is InChI=1S/C22H30N4O4/c1-3-14(2)19(13-27)24-20(28)9-8-18-21(29)26(22(30)25-18)11-10-15-12-23-17-7-5-4-6-16(15)17/h4-7,12,14,18-19,23,27H,3,8-11,13H2,1-2H3,(H,24,28)(H,25,30)/t14-,18-,19+/m0/s1. The Morgan fingerprint density at radius 2 is 2.07 bits per heavy atom. The zero-order valence-corrected chi connectivity index (χ0v) is 17.5. The minimum atomic E-state index is -0.692. The largest absolute Gasteiger partial charge is 0.394 e. The lowest BCUT2D eigenvalue weighted by Gasteiger charge is -2.22. The number of aliphatic hydroxyl groups excluding tert-OH is 1. The van der Waals surface area contributed by atoms with Gasteiger partial charge in [0.15, 0.2) is 0 Å². The van der Waals surface area contributed by atoms with Gasteiger partial charge in [0.25, 0.3) is 5.91 Å². The van der Waals surface area contributed by atoms with E-state index in [1.165, 1.54) is 4.90 Å². The number of aromatic amines is 1. The molecule has 0 saturated carbocycles. The van der Waals surface area contributed by atoms with Gasteiger partial charge in [-0.05, 0) is 30.4 Å². The zero-order chi connectivity index (χ0) is 21.7. The molecule has 1 saturated heterocycles. The predicted molar refractivity (Wildman–Crippen MR) is 114 cm³/mol. The summed E-state index contributed by atoms with van der Waals surface area (Å²) < 4.78 is 0. The second kappa shape index (κ2) is 9.75. The molecule has 1 aliphatic heterocycles. The molecule has 162 valence electrons. The van der Waals surface area contributed by atoms with Gasteiger partial charge in [0.2, 0.25) is 5.91 Å². The van der Waals surface area contributed by atoms with Gasteiger partial charge in [0.05, 0.1) is 12.6 Å². The Bertz CT molecular complexity index is 909. The van der Waals surface area contributed by atoms with Crippen LogP contribution in [0.2, 0.25) is 0 Å². The molecule has 0 spiro atoms. The van der Waals surface area contributed by atoms with E-state index in [2.05, 4.69) is 15.6 Å². The summed E-state index contributed by atoms with van der Waals surface area (Å²) in [6.07, 6.45) is 3.65. The molecule has 1 aromatic heterocycles. The summed E-state index contributed by atoms with van der Waals surface area (Å²) in [4.78, 5) is 41.5. The van der Waals surface area contributed by atoms with Crippen LogP contribution in [0.5, 0.6) is 0 Å². The van der Waals surface area contributed by atoms with Crippen molar-refractivity contribution in [1.82, 2.24) is 20.5 Å². The second-order valence-corrected chi connectivity index (χ2v) is 7.88. The third-order valence-electron chi connectivity index (χ3n) is 5.92. The molecular formula is C22H30N4O4. The van der Waals surface area contributed by atoms with Gasteiger partial charge >= 0.3 is 6.03 Å². The molecular weight excluding hydrogens is 384 g/mol. The molecule has 1 aromatic carbocycles. The Kier molecular flexibility index (Phi) is 7.10. The smallest absolute Gasteiger partial charge is 0.324 e. The van der Waals surface area contributed by atoms with E-state index in [0.29, 0.717) is 6.42 Å². The van der Waals surface area contributed by atoms with Gasteiger partial charge in [-0.3, -0.25) is 14.5 Å². The van der Waals surface area contributed by atoms with Crippen LogP contribution in [0.4, 0.5) is 4.79 Å². The molecule has 1 fully saturated rings. The van der Waals surface area contributed by atoms with Crippen molar-refractivity contribution in [2.24, 2.45) is 5.92 Å². The zero-order valence-electron chi connectivity index (χ0n) is 17.5. The Hall–Kier alpha value is -2.87. The molecule has 0 unspecified atom stereocenters. The lowest BCUT2D eigenvalue weighted by Crippen LogP contribution is -2.42. The van der Waals surface area contributed by atoms with Crippen molar-refractivity contribution >= 4 is 28.7 Å². The monoisotopic (exact) mass is 414 g/mol. The number of carbonyl (C=O) groups excluding carboxylic acids is 3. The average molecular weight is 415 g/mol. The van der Waals surface area contributed by atoms with Crippen molar-refractivity contribution in [3.8, 4) is 0 Å². The highest BCUT2D eigenvalue weighted by molar-refractivity contribution is 6.04. The minimum Gasteiger partial charge on any atom is -0.394 e. The van der Waals surface area contributed by atoms with Gasteiger partial charge in [-0.2, -0.15) is 0 Å². The van der Waals surface area contributed by atoms with E-state index in [9.17, 15) is 19.5 Å². The number of nitrogens with one attached hydrogen (secondary N) is 3. The number of fused-ring (bicyclic) bond motifs is 1. The number of aliphatic hydroxyl groups is 1. The first kappa shape index (κ1) is 21.8. The van der Waals surface area contributed by atoms with Gasteiger partial charge in [-0.1, -0.05) is 38.5 Å². The van der Waals surface area contributed by atoms with Crippen LogP contribution in [0.15, 0.2) is 30.5 Å². The number of urea groups is 1. The van der Waals surface area contributed by atoms with Crippen molar-refractivity contribution in [3.05, 3.63) is 36.0 Å². The molecule has 0 aliphatic carbocycles. The number of hydrogen-bond donors (Lipinski definition) is 4. The fourth-order valence-corrected chi connectivity index (χ4v) is 3.76. The molecule has 30 heavy (non-hydrogen) atoms. The van der Waals surface area contributed by atoms with E-state index in [1.54, 1.807) is 0 Å². The highest BCUT2D eigenvalue weighted by atomic mass is 16.3. The van der Waals surface area contributed by atoms with Crippen molar-refractivity contribution in [1.29, 1.82) is 0 Å².